The first kappa shape index (κ1) is 8.76. The van der Waals surface area contributed by atoms with Crippen molar-refractivity contribution in [3.63, 3.8) is 0 Å². The van der Waals surface area contributed by atoms with Gasteiger partial charge in [0.1, 0.15) is 0 Å². The zero-order valence-corrected chi connectivity index (χ0v) is 8.23. The number of hydrogen-bond donors (Lipinski definition) is 0. The van der Waals surface area contributed by atoms with E-state index in [0.29, 0.717) is 17.9 Å². The van der Waals surface area contributed by atoms with Crippen molar-refractivity contribution < 1.29 is 4.74 Å². The van der Waals surface area contributed by atoms with Gasteiger partial charge in [0.25, 0.3) is 0 Å². The van der Waals surface area contributed by atoms with Gasteiger partial charge in [0.05, 0.1) is 12.7 Å². The van der Waals surface area contributed by atoms with E-state index in [-0.39, 0.29) is 0 Å². The summed E-state index contributed by atoms with van der Waals surface area (Å²) >= 11 is 0. The molecule has 0 amide bonds. The Kier molecular flexibility index (Phi) is 2.36. The van der Waals surface area contributed by atoms with Crippen LogP contribution in [-0.2, 0) is 4.74 Å². The summed E-state index contributed by atoms with van der Waals surface area (Å²) in [4.78, 5) is 0. The maximum absolute atomic E-state index is 5.63. The van der Waals surface area contributed by atoms with Gasteiger partial charge in [0.15, 0.2) is 0 Å². The van der Waals surface area contributed by atoms with Crippen LogP contribution in [0.3, 0.4) is 0 Å². The van der Waals surface area contributed by atoms with Gasteiger partial charge in [0.2, 0.25) is 0 Å². The predicted octanol–water partition coefficient (Wildman–Crippen LogP) is 2.83. The molecule has 0 radical (unpaired) electrons. The molecule has 0 saturated carbocycles. The molecule has 1 aromatic carbocycles. The first-order valence-corrected chi connectivity index (χ1v) is 4.95. The molecular formula is C12H16O. The molecule has 0 N–H and O–H groups in total. The molecule has 1 fully saturated rings. The van der Waals surface area contributed by atoms with Crippen LogP contribution < -0.4 is 0 Å². The largest absolute Gasteiger partial charge is 0.378 e. The molecule has 2 rings (SSSR count). The van der Waals surface area contributed by atoms with Gasteiger partial charge < -0.3 is 4.74 Å². The van der Waals surface area contributed by atoms with Crippen LogP contribution in [0.25, 0.3) is 0 Å². The van der Waals surface area contributed by atoms with Gasteiger partial charge in [-0.05, 0) is 18.4 Å². The van der Waals surface area contributed by atoms with E-state index in [9.17, 15) is 0 Å². The van der Waals surface area contributed by atoms with Crippen molar-refractivity contribution in [2.24, 2.45) is 5.92 Å². The lowest BCUT2D eigenvalue weighted by atomic mass is 9.86. The molecule has 70 valence electrons. The normalized spacial score (nSPS) is 33.5. The predicted molar refractivity (Wildman–Crippen MR) is 53.8 cm³/mol. The second-order valence-corrected chi connectivity index (χ2v) is 3.95. The molecule has 0 bridgehead atoms. The summed E-state index contributed by atoms with van der Waals surface area (Å²) in [5.41, 5.74) is 1.42. The molecule has 0 aliphatic carbocycles. The Hall–Kier alpha value is -0.820. The highest BCUT2D eigenvalue weighted by Crippen LogP contribution is 2.35. The van der Waals surface area contributed by atoms with Crippen LogP contribution in [0.5, 0.6) is 0 Å². The van der Waals surface area contributed by atoms with Crippen LogP contribution in [0, 0.1) is 5.92 Å². The van der Waals surface area contributed by atoms with Gasteiger partial charge in [0, 0.05) is 5.92 Å². The van der Waals surface area contributed by atoms with Crippen molar-refractivity contribution in [1.82, 2.24) is 0 Å². The van der Waals surface area contributed by atoms with E-state index < -0.39 is 0 Å². The van der Waals surface area contributed by atoms with Crippen molar-refractivity contribution in [2.75, 3.05) is 6.61 Å². The van der Waals surface area contributed by atoms with E-state index in [2.05, 4.69) is 44.2 Å². The zero-order chi connectivity index (χ0) is 9.26. The Balaban J connectivity index is 2.25. The molecule has 1 aliphatic rings. The molecule has 1 heteroatoms. The average Bonchev–Trinajstić information content (AvgIpc) is 2.48. The van der Waals surface area contributed by atoms with E-state index in [1.165, 1.54) is 5.56 Å². The Morgan fingerprint density at radius 3 is 2.38 bits per heavy atom. The van der Waals surface area contributed by atoms with Crippen LogP contribution in [0.1, 0.15) is 25.3 Å². The van der Waals surface area contributed by atoms with Crippen molar-refractivity contribution in [2.45, 2.75) is 25.9 Å². The second-order valence-electron chi connectivity index (χ2n) is 3.95. The van der Waals surface area contributed by atoms with Crippen LogP contribution >= 0.6 is 0 Å². The summed E-state index contributed by atoms with van der Waals surface area (Å²) in [7, 11) is 0. The minimum atomic E-state index is 0.373. The van der Waals surface area contributed by atoms with Crippen LogP contribution in [-0.4, -0.2) is 12.7 Å². The summed E-state index contributed by atoms with van der Waals surface area (Å²) in [5.74, 6) is 1.23. The Bertz CT molecular complexity index is 258. The molecule has 0 unspecified atom stereocenters. The fourth-order valence-corrected chi connectivity index (χ4v) is 2.25. The smallest absolute Gasteiger partial charge is 0.0619 e. The Labute approximate surface area is 79.7 Å². The molecule has 3 atom stereocenters. The summed E-state index contributed by atoms with van der Waals surface area (Å²) in [6.07, 6.45) is 0.373. The SMILES string of the molecule is C[C@@H]1CO[C@@H](C)[C@H]1c1ccccc1. The standard InChI is InChI=1S/C12H16O/c1-9-8-13-10(2)12(9)11-6-4-3-5-7-11/h3-7,9-10,12H,8H2,1-2H3/t9-,10+,12+/m1/s1. The maximum Gasteiger partial charge on any atom is 0.0619 e. The molecule has 1 aromatic rings. The average molecular weight is 176 g/mol. The van der Waals surface area contributed by atoms with Gasteiger partial charge in [-0.25, -0.2) is 0 Å². The highest BCUT2D eigenvalue weighted by molar-refractivity contribution is 5.22. The van der Waals surface area contributed by atoms with Crippen LogP contribution in [0.4, 0.5) is 0 Å². The summed E-state index contributed by atoms with van der Waals surface area (Å²) in [6, 6.07) is 10.7. The van der Waals surface area contributed by atoms with Gasteiger partial charge >= 0.3 is 0 Å². The third-order valence-corrected chi connectivity index (χ3v) is 2.93. The Morgan fingerprint density at radius 2 is 1.85 bits per heavy atom. The minimum absolute atomic E-state index is 0.373. The lowest BCUT2D eigenvalue weighted by Gasteiger charge is -2.17. The van der Waals surface area contributed by atoms with E-state index >= 15 is 0 Å². The lowest BCUT2D eigenvalue weighted by molar-refractivity contribution is 0.115. The summed E-state index contributed by atoms with van der Waals surface area (Å²) < 4.78 is 5.63. The molecule has 1 saturated heterocycles. The third kappa shape index (κ3) is 1.61. The summed E-state index contributed by atoms with van der Waals surface area (Å²) in [6.45, 7) is 5.34. The zero-order valence-electron chi connectivity index (χ0n) is 8.23. The van der Waals surface area contributed by atoms with Gasteiger partial charge in [-0.3, -0.25) is 0 Å². The number of rotatable bonds is 1. The van der Waals surface area contributed by atoms with E-state index in [4.69, 9.17) is 4.74 Å². The molecular weight excluding hydrogens is 160 g/mol. The first-order chi connectivity index (χ1) is 6.29. The topological polar surface area (TPSA) is 9.23 Å². The van der Waals surface area contributed by atoms with Gasteiger partial charge in [-0.2, -0.15) is 0 Å². The highest BCUT2D eigenvalue weighted by Gasteiger charge is 2.32. The quantitative estimate of drug-likeness (QED) is 0.639. The fraction of sp³-hybridized carbons (Fsp3) is 0.500. The lowest BCUT2D eigenvalue weighted by Crippen LogP contribution is -2.13. The summed E-state index contributed by atoms with van der Waals surface area (Å²) in [5, 5.41) is 0. The minimum Gasteiger partial charge on any atom is -0.378 e. The number of ether oxygens (including phenoxy) is 1. The molecule has 13 heavy (non-hydrogen) atoms. The fourth-order valence-electron chi connectivity index (χ4n) is 2.25. The van der Waals surface area contributed by atoms with Gasteiger partial charge in [-0.15, -0.1) is 0 Å². The van der Waals surface area contributed by atoms with Crippen molar-refractivity contribution >= 4 is 0 Å². The maximum atomic E-state index is 5.63. The number of hydrogen-bond acceptors (Lipinski definition) is 1. The molecule has 0 spiro atoms. The monoisotopic (exact) mass is 176 g/mol. The van der Waals surface area contributed by atoms with E-state index in [1.54, 1.807) is 0 Å². The third-order valence-electron chi connectivity index (χ3n) is 2.93. The molecule has 1 heterocycles. The van der Waals surface area contributed by atoms with Crippen molar-refractivity contribution in [3.8, 4) is 0 Å². The van der Waals surface area contributed by atoms with Crippen molar-refractivity contribution in [3.05, 3.63) is 35.9 Å². The molecule has 1 nitrogen and oxygen atoms in total. The second kappa shape index (κ2) is 3.51. The van der Waals surface area contributed by atoms with Crippen LogP contribution in [0.15, 0.2) is 30.3 Å². The number of benzene rings is 1. The first-order valence-electron chi connectivity index (χ1n) is 4.95. The van der Waals surface area contributed by atoms with Gasteiger partial charge in [-0.1, -0.05) is 37.3 Å². The van der Waals surface area contributed by atoms with E-state index in [1.807, 2.05) is 0 Å². The van der Waals surface area contributed by atoms with Crippen LogP contribution in [0.2, 0.25) is 0 Å². The van der Waals surface area contributed by atoms with Crippen molar-refractivity contribution in [1.29, 1.82) is 0 Å². The molecule has 0 aromatic heterocycles. The molecule has 1 aliphatic heterocycles. The Morgan fingerprint density at radius 1 is 1.15 bits per heavy atom. The highest BCUT2D eigenvalue weighted by atomic mass is 16.5. The van der Waals surface area contributed by atoms with E-state index in [0.717, 1.165) is 6.61 Å².